The number of carbonyl (C=O) groups excluding carboxylic acids is 2. The second-order valence-electron chi connectivity index (χ2n) is 8.11. The highest BCUT2D eigenvalue weighted by Crippen LogP contribution is 2.32. The maximum absolute atomic E-state index is 13.4. The maximum Gasteiger partial charge on any atom is 0.274 e. The molecule has 1 aliphatic rings. The summed E-state index contributed by atoms with van der Waals surface area (Å²) in [6.45, 7) is 4.15. The highest BCUT2D eigenvalue weighted by molar-refractivity contribution is 6.02. The minimum atomic E-state index is -1.13. The molecular formula is C24H30N2O5. The van der Waals surface area contributed by atoms with Crippen LogP contribution >= 0.6 is 0 Å². The van der Waals surface area contributed by atoms with E-state index in [0.29, 0.717) is 18.5 Å². The van der Waals surface area contributed by atoms with Crippen LogP contribution in [0.25, 0.3) is 0 Å². The van der Waals surface area contributed by atoms with E-state index in [-0.39, 0.29) is 12.7 Å². The number of hydrogen-bond donors (Lipinski definition) is 1. The first-order valence-electron chi connectivity index (χ1n) is 10.5. The molecule has 7 nitrogen and oxygen atoms in total. The molecule has 1 N–H and O–H groups in total. The van der Waals surface area contributed by atoms with E-state index in [4.69, 9.17) is 9.57 Å². The van der Waals surface area contributed by atoms with Gasteiger partial charge in [-0.2, -0.15) is 0 Å². The predicted molar refractivity (Wildman–Crippen MR) is 115 cm³/mol. The summed E-state index contributed by atoms with van der Waals surface area (Å²) >= 11 is 0. The lowest BCUT2D eigenvalue weighted by Crippen LogP contribution is -2.66. The SMILES string of the molecule is COCON1C(=O)[C@H]([C@H](O)c2ccccc2)N(Cc2ccccc2)[C@@H](CC(C)C)C1=O. The van der Waals surface area contributed by atoms with Crippen LogP contribution in [-0.4, -0.2) is 52.9 Å². The van der Waals surface area contributed by atoms with Crippen molar-refractivity contribution in [3.63, 3.8) is 0 Å². The third-order valence-electron chi connectivity index (χ3n) is 5.34. The highest BCUT2D eigenvalue weighted by atomic mass is 16.8. The molecule has 0 radical (unpaired) electrons. The smallest absolute Gasteiger partial charge is 0.274 e. The van der Waals surface area contributed by atoms with Gasteiger partial charge in [0.25, 0.3) is 11.8 Å². The normalized spacial score (nSPS) is 21.0. The van der Waals surface area contributed by atoms with Crippen LogP contribution in [0.5, 0.6) is 0 Å². The zero-order valence-electron chi connectivity index (χ0n) is 18.2. The molecule has 1 fully saturated rings. The summed E-state index contributed by atoms with van der Waals surface area (Å²) in [6.07, 6.45) is -0.613. The summed E-state index contributed by atoms with van der Waals surface area (Å²) in [5.41, 5.74) is 1.55. The van der Waals surface area contributed by atoms with Crippen molar-refractivity contribution in [1.29, 1.82) is 0 Å². The van der Waals surface area contributed by atoms with Crippen LogP contribution in [0.4, 0.5) is 0 Å². The van der Waals surface area contributed by atoms with Gasteiger partial charge in [-0.25, -0.2) is 4.84 Å². The van der Waals surface area contributed by atoms with Gasteiger partial charge in [0.05, 0.1) is 6.04 Å². The molecule has 0 aliphatic carbocycles. The Bertz CT molecular complexity index is 859. The zero-order chi connectivity index (χ0) is 22.4. The lowest BCUT2D eigenvalue weighted by atomic mass is 9.91. The summed E-state index contributed by atoms with van der Waals surface area (Å²) in [7, 11) is 1.42. The molecular weight excluding hydrogens is 396 g/mol. The molecule has 0 saturated carbocycles. The Morgan fingerprint density at radius 2 is 1.58 bits per heavy atom. The molecule has 0 aromatic heterocycles. The number of hydroxylamine groups is 2. The van der Waals surface area contributed by atoms with Gasteiger partial charge < -0.3 is 9.84 Å². The highest BCUT2D eigenvalue weighted by Gasteiger charge is 2.50. The molecule has 0 spiro atoms. The molecule has 0 unspecified atom stereocenters. The van der Waals surface area contributed by atoms with Crippen molar-refractivity contribution < 1.29 is 24.3 Å². The Kier molecular flexibility index (Phi) is 7.92. The average Bonchev–Trinajstić information content (AvgIpc) is 2.77. The quantitative estimate of drug-likeness (QED) is 0.491. The number of nitrogens with zero attached hydrogens (tertiary/aromatic N) is 2. The number of rotatable bonds is 9. The summed E-state index contributed by atoms with van der Waals surface area (Å²) in [5.74, 6) is -0.850. The van der Waals surface area contributed by atoms with Crippen molar-refractivity contribution in [2.24, 2.45) is 5.92 Å². The van der Waals surface area contributed by atoms with Gasteiger partial charge >= 0.3 is 0 Å². The van der Waals surface area contributed by atoms with E-state index >= 15 is 0 Å². The number of amides is 2. The molecule has 3 atom stereocenters. The third kappa shape index (κ3) is 5.37. The van der Waals surface area contributed by atoms with Crippen molar-refractivity contribution >= 4 is 11.8 Å². The van der Waals surface area contributed by atoms with Gasteiger partial charge in [-0.1, -0.05) is 74.5 Å². The van der Waals surface area contributed by atoms with Crippen molar-refractivity contribution in [2.75, 3.05) is 13.9 Å². The standard InChI is InChI=1S/C24H30N2O5/c1-17(2)14-20-23(28)26(31-16-30-3)24(29)21(22(27)19-12-8-5-9-13-19)25(20)15-18-10-6-4-7-11-18/h4-13,17,20-22,27H,14-16H2,1-3H3/t20-,21-,22+/m0/s1. The number of aliphatic hydroxyl groups is 1. The summed E-state index contributed by atoms with van der Waals surface area (Å²) in [5, 5.41) is 12.0. The van der Waals surface area contributed by atoms with Crippen LogP contribution in [0.1, 0.15) is 37.5 Å². The lowest BCUT2D eigenvalue weighted by Gasteiger charge is -2.45. The molecule has 3 rings (SSSR count). The Morgan fingerprint density at radius 3 is 2.16 bits per heavy atom. The largest absolute Gasteiger partial charge is 0.386 e. The van der Waals surface area contributed by atoms with Gasteiger partial charge in [0.1, 0.15) is 12.1 Å². The summed E-state index contributed by atoms with van der Waals surface area (Å²) in [6, 6.07) is 17.0. The van der Waals surface area contributed by atoms with E-state index in [1.807, 2.05) is 67.3 Å². The van der Waals surface area contributed by atoms with Gasteiger partial charge in [0.2, 0.25) is 0 Å². The Labute approximate surface area is 183 Å². The zero-order valence-corrected chi connectivity index (χ0v) is 18.2. The average molecular weight is 427 g/mol. The second kappa shape index (κ2) is 10.6. The Balaban J connectivity index is 2.04. The number of hydrogen-bond acceptors (Lipinski definition) is 6. The third-order valence-corrected chi connectivity index (χ3v) is 5.34. The van der Waals surface area contributed by atoms with Crippen LogP contribution in [0.2, 0.25) is 0 Å². The topological polar surface area (TPSA) is 79.3 Å². The number of piperazine rings is 1. The van der Waals surface area contributed by atoms with Crippen LogP contribution < -0.4 is 0 Å². The van der Waals surface area contributed by atoms with Crippen LogP contribution in [0.3, 0.4) is 0 Å². The van der Waals surface area contributed by atoms with E-state index in [9.17, 15) is 14.7 Å². The maximum atomic E-state index is 13.4. The van der Waals surface area contributed by atoms with E-state index < -0.39 is 30.0 Å². The van der Waals surface area contributed by atoms with Gasteiger partial charge in [0, 0.05) is 13.7 Å². The number of benzene rings is 2. The Morgan fingerprint density at radius 1 is 0.968 bits per heavy atom. The molecule has 7 heteroatoms. The van der Waals surface area contributed by atoms with Crippen molar-refractivity contribution in [1.82, 2.24) is 9.96 Å². The van der Waals surface area contributed by atoms with Crippen molar-refractivity contribution in [3.8, 4) is 0 Å². The lowest BCUT2D eigenvalue weighted by molar-refractivity contribution is -0.238. The fourth-order valence-corrected chi connectivity index (χ4v) is 3.91. The van der Waals surface area contributed by atoms with Gasteiger partial charge in [-0.05, 0) is 23.5 Å². The summed E-state index contributed by atoms with van der Waals surface area (Å²) < 4.78 is 4.92. The van der Waals surface area contributed by atoms with Gasteiger partial charge in [0.15, 0.2) is 6.79 Å². The molecule has 0 bridgehead atoms. The predicted octanol–water partition coefficient (Wildman–Crippen LogP) is 2.91. The monoisotopic (exact) mass is 426 g/mol. The minimum Gasteiger partial charge on any atom is -0.386 e. The first-order valence-corrected chi connectivity index (χ1v) is 10.5. The first kappa shape index (κ1) is 23.1. The second-order valence-corrected chi connectivity index (χ2v) is 8.11. The number of carbonyl (C=O) groups is 2. The molecule has 2 aromatic carbocycles. The number of methoxy groups -OCH3 is 1. The number of aliphatic hydroxyl groups excluding tert-OH is 1. The summed E-state index contributed by atoms with van der Waals surface area (Å²) in [4.78, 5) is 33.9. The van der Waals surface area contributed by atoms with Gasteiger partial charge in [-0.15, -0.1) is 5.06 Å². The van der Waals surface area contributed by atoms with E-state index in [0.717, 1.165) is 10.6 Å². The first-order chi connectivity index (χ1) is 14.9. The van der Waals surface area contributed by atoms with E-state index in [2.05, 4.69) is 0 Å². The molecule has 1 heterocycles. The molecule has 31 heavy (non-hydrogen) atoms. The van der Waals surface area contributed by atoms with Gasteiger partial charge in [-0.3, -0.25) is 14.5 Å². The fourth-order valence-electron chi connectivity index (χ4n) is 3.91. The Hall–Kier alpha value is -2.58. The number of imide groups is 1. The minimum absolute atomic E-state index is 0.194. The van der Waals surface area contributed by atoms with Crippen molar-refractivity contribution in [2.45, 2.75) is 45.0 Å². The van der Waals surface area contributed by atoms with Crippen LogP contribution in [0, 0.1) is 5.92 Å². The van der Waals surface area contributed by atoms with Crippen molar-refractivity contribution in [3.05, 3.63) is 71.8 Å². The fraction of sp³-hybridized carbons (Fsp3) is 0.417. The van der Waals surface area contributed by atoms with E-state index in [1.54, 1.807) is 12.1 Å². The number of ether oxygens (including phenoxy) is 1. The van der Waals surface area contributed by atoms with Crippen LogP contribution in [0.15, 0.2) is 60.7 Å². The molecule has 2 amide bonds. The molecule has 1 saturated heterocycles. The molecule has 2 aromatic rings. The van der Waals surface area contributed by atoms with E-state index in [1.165, 1.54) is 7.11 Å². The van der Waals surface area contributed by atoms with Crippen LogP contribution in [-0.2, 0) is 25.7 Å². The molecule has 1 aliphatic heterocycles. The molecule has 166 valence electrons.